The van der Waals surface area contributed by atoms with Crippen molar-refractivity contribution in [2.24, 2.45) is 0 Å². The van der Waals surface area contributed by atoms with Crippen molar-refractivity contribution >= 4 is 12.6 Å². The Morgan fingerprint density at radius 2 is 2.50 bits per heavy atom. The van der Waals surface area contributed by atoms with Crippen LogP contribution in [0.4, 0.5) is 0 Å². The van der Waals surface area contributed by atoms with Crippen LogP contribution in [0.1, 0.15) is 20.3 Å². The van der Waals surface area contributed by atoms with E-state index < -0.39 is 0 Å². The van der Waals surface area contributed by atoms with E-state index in [1.54, 1.807) is 0 Å². The quantitative estimate of drug-likeness (QED) is 0.480. The van der Waals surface area contributed by atoms with Gasteiger partial charge in [-0.05, 0) is 13.8 Å². The number of thiol groups is 1. The van der Waals surface area contributed by atoms with Crippen LogP contribution in [0.3, 0.4) is 0 Å². The zero-order valence-electron chi connectivity index (χ0n) is 5.14. The summed E-state index contributed by atoms with van der Waals surface area (Å²) in [5.74, 6) is 0. The minimum Gasteiger partial charge on any atom is -0.285 e. The van der Waals surface area contributed by atoms with E-state index in [2.05, 4.69) is 25.0 Å². The molecule has 2 atom stereocenters. The van der Waals surface area contributed by atoms with E-state index in [-0.39, 0.29) is 4.93 Å². The highest BCUT2D eigenvalue weighted by atomic mass is 32.1. The van der Waals surface area contributed by atoms with E-state index in [0.717, 1.165) is 6.42 Å². The lowest BCUT2D eigenvalue weighted by atomic mass is 10.2. The maximum Gasteiger partial charge on any atom is 0.131 e. The molecule has 2 nitrogen and oxygen atoms in total. The van der Waals surface area contributed by atoms with Crippen LogP contribution in [0.2, 0.25) is 0 Å². The van der Waals surface area contributed by atoms with Crippen molar-refractivity contribution in [3.63, 3.8) is 0 Å². The molecule has 1 unspecified atom stereocenters. The standard InChI is InChI=1S/C5H11NOS/c1-4-3-5(2,8)7-6-4/h4,6,8H,3H2,1-2H3/t4?,5-/m1/s1. The molecule has 0 radical (unpaired) electrons. The zero-order valence-corrected chi connectivity index (χ0v) is 6.03. The van der Waals surface area contributed by atoms with E-state index in [0.29, 0.717) is 6.04 Å². The summed E-state index contributed by atoms with van der Waals surface area (Å²) in [4.78, 5) is 4.82. The van der Waals surface area contributed by atoms with Crippen LogP contribution in [0.15, 0.2) is 0 Å². The molecule has 0 bridgehead atoms. The summed E-state index contributed by atoms with van der Waals surface area (Å²) in [6, 6.07) is 0.442. The summed E-state index contributed by atoms with van der Waals surface area (Å²) < 4.78 is 0. The molecular formula is C5H11NOS. The second-order valence-electron chi connectivity index (χ2n) is 2.50. The van der Waals surface area contributed by atoms with E-state index >= 15 is 0 Å². The number of hydrogen-bond donors (Lipinski definition) is 2. The first-order valence-corrected chi connectivity index (χ1v) is 3.21. The monoisotopic (exact) mass is 133 g/mol. The van der Waals surface area contributed by atoms with Crippen LogP contribution in [0, 0.1) is 0 Å². The van der Waals surface area contributed by atoms with Crippen molar-refractivity contribution in [3.8, 4) is 0 Å². The van der Waals surface area contributed by atoms with Crippen molar-refractivity contribution in [2.75, 3.05) is 0 Å². The van der Waals surface area contributed by atoms with E-state index in [1.165, 1.54) is 0 Å². The lowest BCUT2D eigenvalue weighted by molar-refractivity contribution is 0.0177. The van der Waals surface area contributed by atoms with Gasteiger partial charge in [-0.1, -0.05) is 0 Å². The highest BCUT2D eigenvalue weighted by molar-refractivity contribution is 7.81. The molecule has 0 saturated carbocycles. The Hall–Kier alpha value is 0.270. The molecule has 0 aromatic carbocycles. The first-order valence-electron chi connectivity index (χ1n) is 2.76. The van der Waals surface area contributed by atoms with Gasteiger partial charge in [0.25, 0.3) is 0 Å². The van der Waals surface area contributed by atoms with E-state index in [1.807, 2.05) is 6.92 Å². The van der Waals surface area contributed by atoms with E-state index in [4.69, 9.17) is 4.84 Å². The third-order valence-electron chi connectivity index (χ3n) is 1.16. The van der Waals surface area contributed by atoms with Gasteiger partial charge in [0.15, 0.2) is 0 Å². The number of hydrogen-bond acceptors (Lipinski definition) is 3. The third kappa shape index (κ3) is 1.37. The van der Waals surface area contributed by atoms with Gasteiger partial charge in [0.05, 0.1) is 0 Å². The van der Waals surface area contributed by atoms with Crippen LogP contribution in [-0.2, 0) is 4.84 Å². The number of hydroxylamine groups is 1. The van der Waals surface area contributed by atoms with Crippen LogP contribution in [0.5, 0.6) is 0 Å². The van der Waals surface area contributed by atoms with Gasteiger partial charge in [0, 0.05) is 12.5 Å². The Labute approximate surface area is 55.0 Å². The van der Waals surface area contributed by atoms with Crippen molar-refractivity contribution < 1.29 is 4.84 Å². The molecule has 1 rings (SSSR count). The summed E-state index contributed by atoms with van der Waals surface area (Å²) in [6.45, 7) is 4.02. The molecule has 1 aliphatic rings. The predicted octanol–water partition coefficient (Wildman–Crippen LogP) is 0.946. The summed E-state index contributed by atoms with van der Waals surface area (Å²) in [5.41, 5.74) is 2.83. The molecule has 1 heterocycles. The zero-order chi connectivity index (χ0) is 6.20. The maximum atomic E-state index is 5.07. The van der Waals surface area contributed by atoms with Gasteiger partial charge in [0.2, 0.25) is 0 Å². The van der Waals surface area contributed by atoms with Crippen LogP contribution in [0.25, 0.3) is 0 Å². The van der Waals surface area contributed by atoms with Gasteiger partial charge in [-0.15, -0.1) is 12.6 Å². The Balaban J connectivity index is 2.44. The lowest BCUT2D eigenvalue weighted by Crippen LogP contribution is -2.17. The molecule has 1 N–H and O–H groups in total. The van der Waals surface area contributed by atoms with Gasteiger partial charge in [0.1, 0.15) is 4.93 Å². The second kappa shape index (κ2) is 1.90. The van der Waals surface area contributed by atoms with E-state index in [9.17, 15) is 0 Å². The Morgan fingerprint density at radius 1 is 1.88 bits per heavy atom. The number of rotatable bonds is 0. The minimum absolute atomic E-state index is 0.251. The average molecular weight is 133 g/mol. The molecular weight excluding hydrogens is 122 g/mol. The molecule has 0 aromatic heterocycles. The molecule has 0 spiro atoms. The molecule has 1 saturated heterocycles. The van der Waals surface area contributed by atoms with Crippen molar-refractivity contribution in [1.82, 2.24) is 5.48 Å². The molecule has 3 heteroatoms. The molecule has 8 heavy (non-hydrogen) atoms. The van der Waals surface area contributed by atoms with Gasteiger partial charge < -0.3 is 0 Å². The van der Waals surface area contributed by atoms with Crippen molar-refractivity contribution in [3.05, 3.63) is 0 Å². The number of nitrogens with one attached hydrogen (secondary N) is 1. The smallest absolute Gasteiger partial charge is 0.131 e. The molecule has 1 aliphatic heterocycles. The largest absolute Gasteiger partial charge is 0.285 e. The molecule has 0 amide bonds. The third-order valence-corrected chi connectivity index (χ3v) is 1.44. The van der Waals surface area contributed by atoms with Gasteiger partial charge in [-0.3, -0.25) is 4.84 Å². The first-order chi connectivity index (χ1) is 3.60. The maximum absolute atomic E-state index is 5.07. The second-order valence-corrected chi connectivity index (χ2v) is 3.45. The summed E-state index contributed by atoms with van der Waals surface area (Å²) >= 11 is 4.22. The summed E-state index contributed by atoms with van der Waals surface area (Å²) in [7, 11) is 0. The van der Waals surface area contributed by atoms with Gasteiger partial charge in [-0.25, -0.2) is 0 Å². The molecule has 0 aromatic rings. The highest BCUT2D eigenvalue weighted by Crippen LogP contribution is 2.25. The Bertz CT molecular complexity index is 94.4. The Morgan fingerprint density at radius 3 is 2.62 bits per heavy atom. The fraction of sp³-hybridized carbons (Fsp3) is 1.00. The normalized spacial score (nSPS) is 47.6. The molecule has 1 fully saturated rings. The summed E-state index contributed by atoms with van der Waals surface area (Å²) in [6.07, 6.45) is 0.968. The molecule has 48 valence electrons. The van der Waals surface area contributed by atoms with Crippen LogP contribution in [-0.4, -0.2) is 11.0 Å². The molecule has 0 aliphatic carbocycles. The topological polar surface area (TPSA) is 21.3 Å². The highest BCUT2D eigenvalue weighted by Gasteiger charge is 2.30. The fourth-order valence-corrected chi connectivity index (χ4v) is 1.21. The van der Waals surface area contributed by atoms with Crippen LogP contribution < -0.4 is 5.48 Å². The average Bonchev–Trinajstić information content (AvgIpc) is 1.82. The van der Waals surface area contributed by atoms with Gasteiger partial charge >= 0.3 is 0 Å². The first kappa shape index (κ1) is 6.39. The van der Waals surface area contributed by atoms with Crippen LogP contribution >= 0.6 is 12.6 Å². The summed E-state index contributed by atoms with van der Waals surface area (Å²) in [5, 5.41) is 0. The fourth-order valence-electron chi connectivity index (χ4n) is 0.879. The lowest BCUT2D eigenvalue weighted by Gasteiger charge is -2.11. The Kier molecular flexibility index (Phi) is 1.52. The SMILES string of the molecule is CC1C[C@@](C)(S)ON1. The minimum atomic E-state index is -0.251. The van der Waals surface area contributed by atoms with Gasteiger partial charge in [-0.2, -0.15) is 5.48 Å². The predicted molar refractivity (Wildman–Crippen MR) is 35.7 cm³/mol. The van der Waals surface area contributed by atoms with Crippen molar-refractivity contribution in [1.29, 1.82) is 0 Å². The van der Waals surface area contributed by atoms with Crippen molar-refractivity contribution in [2.45, 2.75) is 31.2 Å².